The average Bonchev–Trinajstić information content (AvgIpc) is 2.37. The summed E-state index contributed by atoms with van der Waals surface area (Å²) in [5.74, 6) is 0. The lowest BCUT2D eigenvalue weighted by Crippen LogP contribution is -2.29. The van der Waals surface area contributed by atoms with Gasteiger partial charge in [0.05, 0.1) is 11.6 Å². The van der Waals surface area contributed by atoms with Crippen LogP contribution in [0.2, 0.25) is 0 Å². The molecule has 0 aliphatic carbocycles. The molecule has 3 N–H and O–H groups in total. The molecule has 0 saturated carbocycles. The van der Waals surface area contributed by atoms with Gasteiger partial charge in [0.15, 0.2) is 0 Å². The number of aromatic nitrogens is 1. The highest BCUT2D eigenvalue weighted by Gasteiger charge is 2.17. The summed E-state index contributed by atoms with van der Waals surface area (Å²) < 4.78 is 0. The van der Waals surface area contributed by atoms with E-state index in [4.69, 9.17) is 0 Å². The van der Waals surface area contributed by atoms with Crippen molar-refractivity contribution in [1.82, 2.24) is 10.3 Å². The van der Waals surface area contributed by atoms with Crippen LogP contribution in [0.1, 0.15) is 17.4 Å². The molecule has 0 fully saturated rings. The molecular formula is C14H18N2O2. The molecule has 0 saturated heterocycles. The molecule has 0 spiro atoms. The number of hydrogen-bond acceptors (Lipinski definition) is 4. The second-order valence-corrected chi connectivity index (χ2v) is 4.47. The van der Waals surface area contributed by atoms with Crippen molar-refractivity contribution < 1.29 is 10.2 Å². The van der Waals surface area contributed by atoms with Gasteiger partial charge < -0.3 is 15.5 Å². The fraction of sp³-hybridized carbons (Fsp3) is 0.357. The Morgan fingerprint density at radius 1 is 1.22 bits per heavy atom. The zero-order valence-electron chi connectivity index (χ0n) is 10.6. The molecule has 1 heterocycles. The maximum absolute atomic E-state index is 10.0. The second kappa shape index (κ2) is 5.44. The fourth-order valence-electron chi connectivity index (χ4n) is 1.97. The third-order valence-corrected chi connectivity index (χ3v) is 2.97. The van der Waals surface area contributed by atoms with Gasteiger partial charge in [0.1, 0.15) is 6.10 Å². The normalized spacial score (nSPS) is 14.7. The van der Waals surface area contributed by atoms with Crippen molar-refractivity contribution in [3.05, 3.63) is 41.6 Å². The van der Waals surface area contributed by atoms with Crippen LogP contribution in [0, 0.1) is 6.92 Å². The van der Waals surface area contributed by atoms with Gasteiger partial charge in [0.2, 0.25) is 0 Å². The maximum Gasteiger partial charge on any atom is 0.106 e. The van der Waals surface area contributed by atoms with Crippen molar-refractivity contribution in [2.24, 2.45) is 0 Å². The summed E-state index contributed by atoms with van der Waals surface area (Å²) in [5.41, 5.74) is 2.57. The molecule has 0 bridgehead atoms. The number of pyridine rings is 1. The number of fused-ring (bicyclic) bond motifs is 1. The van der Waals surface area contributed by atoms with Crippen molar-refractivity contribution in [2.75, 3.05) is 13.6 Å². The van der Waals surface area contributed by atoms with Gasteiger partial charge in [-0.1, -0.05) is 12.1 Å². The lowest BCUT2D eigenvalue weighted by Gasteiger charge is -2.18. The van der Waals surface area contributed by atoms with E-state index in [0.29, 0.717) is 12.1 Å². The Labute approximate surface area is 106 Å². The molecule has 18 heavy (non-hydrogen) atoms. The van der Waals surface area contributed by atoms with Gasteiger partial charge >= 0.3 is 0 Å². The van der Waals surface area contributed by atoms with Crippen LogP contribution < -0.4 is 5.32 Å². The average molecular weight is 246 g/mol. The highest BCUT2D eigenvalue weighted by Crippen LogP contribution is 2.21. The first kappa shape index (κ1) is 13.0. The van der Waals surface area contributed by atoms with Crippen LogP contribution >= 0.6 is 0 Å². The highest BCUT2D eigenvalue weighted by atomic mass is 16.3. The van der Waals surface area contributed by atoms with Crippen LogP contribution in [0.25, 0.3) is 10.9 Å². The van der Waals surface area contributed by atoms with E-state index in [9.17, 15) is 10.2 Å². The van der Waals surface area contributed by atoms with Crippen LogP contribution in [0.5, 0.6) is 0 Å². The van der Waals surface area contributed by atoms with E-state index in [1.165, 1.54) is 0 Å². The molecular weight excluding hydrogens is 228 g/mol. The molecule has 0 aliphatic rings. The first-order valence-corrected chi connectivity index (χ1v) is 6.00. The topological polar surface area (TPSA) is 65.4 Å². The van der Waals surface area contributed by atoms with Crippen molar-refractivity contribution in [3.63, 3.8) is 0 Å². The zero-order chi connectivity index (χ0) is 13.1. The molecule has 1 aromatic carbocycles. The molecule has 2 atom stereocenters. The predicted molar refractivity (Wildman–Crippen MR) is 71.4 cm³/mol. The largest absolute Gasteiger partial charge is 0.389 e. The van der Waals surface area contributed by atoms with E-state index in [0.717, 1.165) is 16.6 Å². The molecule has 0 amide bonds. The second-order valence-electron chi connectivity index (χ2n) is 4.47. The van der Waals surface area contributed by atoms with Gasteiger partial charge in [-0.15, -0.1) is 0 Å². The van der Waals surface area contributed by atoms with Crippen molar-refractivity contribution in [2.45, 2.75) is 19.1 Å². The standard InChI is InChI=1S/C14H18N2O2/c1-9-3-4-10-7-11(5-6-12(10)16-9)14(18)13(17)8-15-2/h3-7,13-15,17-18H,8H2,1-2H3. The summed E-state index contributed by atoms with van der Waals surface area (Å²) in [6.07, 6.45) is -1.70. The van der Waals surface area contributed by atoms with Gasteiger partial charge in [-0.2, -0.15) is 0 Å². The minimum Gasteiger partial charge on any atom is -0.389 e. The summed E-state index contributed by atoms with van der Waals surface area (Å²) in [4.78, 5) is 4.40. The number of aryl methyl sites for hydroxylation is 1. The van der Waals surface area contributed by atoms with E-state index in [1.54, 1.807) is 13.1 Å². The van der Waals surface area contributed by atoms with Gasteiger partial charge in [0.25, 0.3) is 0 Å². The molecule has 0 aliphatic heterocycles. The minimum atomic E-state index is -0.886. The Morgan fingerprint density at radius 3 is 2.72 bits per heavy atom. The van der Waals surface area contributed by atoms with Crippen LogP contribution in [0.3, 0.4) is 0 Å². The molecule has 2 unspecified atom stereocenters. The molecule has 1 aromatic heterocycles. The van der Waals surface area contributed by atoms with Crippen LogP contribution in [0.15, 0.2) is 30.3 Å². The number of aliphatic hydroxyl groups excluding tert-OH is 2. The van der Waals surface area contributed by atoms with Gasteiger partial charge in [0, 0.05) is 17.6 Å². The van der Waals surface area contributed by atoms with Crippen LogP contribution in [-0.4, -0.2) is 34.9 Å². The first-order chi connectivity index (χ1) is 8.61. The summed E-state index contributed by atoms with van der Waals surface area (Å²) in [7, 11) is 1.74. The number of nitrogens with one attached hydrogen (secondary N) is 1. The number of rotatable bonds is 4. The highest BCUT2D eigenvalue weighted by molar-refractivity contribution is 5.79. The van der Waals surface area contributed by atoms with Gasteiger partial charge in [-0.25, -0.2) is 0 Å². The van der Waals surface area contributed by atoms with Crippen LogP contribution in [-0.2, 0) is 0 Å². The lowest BCUT2D eigenvalue weighted by molar-refractivity contribution is 0.0203. The number of nitrogens with zero attached hydrogens (tertiary/aromatic N) is 1. The Morgan fingerprint density at radius 2 is 2.00 bits per heavy atom. The number of benzene rings is 1. The van der Waals surface area contributed by atoms with Gasteiger partial charge in [-0.05, 0) is 37.7 Å². The zero-order valence-corrected chi connectivity index (χ0v) is 10.6. The first-order valence-electron chi connectivity index (χ1n) is 6.00. The maximum atomic E-state index is 10.0. The number of aliphatic hydroxyl groups is 2. The van der Waals surface area contributed by atoms with E-state index >= 15 is 0 Å². The van der Waals surface area contributed by atoms with E-state index in [1.807, 2.05) is 31.2 Å². The summed E-state index contributed by atoms with van der Waals surface area (Å²) in [6, 6.07) is 9.44. The minimum absolute atomic E-state index is 0.353. The molecule has 2 aromatic rings. The van der Waals surface area contributed by atoms with E-state index in [2.05, 4.69) is 10.3 Å². The predicted octanol–water partition coefficient (Wildman–Crippen LogP) is 1.16. The molecule has 4 heteroatoms. The summed E-state index contributed by atoms with van der Waals surface area (Å²) >= 11 is 0. The molecule has 0 radical (unpaired) electrons. The van der Waals surface area contributed by atoms with Crippen molar-refractivity contribution in [3.8, 4) is 0 Å². The fourth-order valence-corrected chi connectivity index (χ4v) is 1.97. The van der Waals surface area contributed by atoms with E-state index in [-0.39, 0.29) is 0 Å². The van der Waals surface area contributed by atoms with Crippen molar-refractivity contribution >= 4 is 10.9 Å². The van der Waals surface area contributed by atoms with Gasteiger partial charge in [-0.3, -0.25) is 4.98 Å². The third kappa shape index (κ3) is 2.67. The lowest BCUT2D eigenvalue weighted by atomic mass is 10.0. The quantitative estimate of drug-likeness (QED) is 0.757. The number of likely N-dealkylation sites (N-methyl/N-ethyl adjacent to an activating group) is 1. The van der Waals surface area contributed by atoms with E-state index < -0.39 is 12.2 Å². The molecule has 4 nitrogen and oxygen atoms in total. The number of hydrogen-bond donors (Lipinski definition) is 3. The van der Waals surface area contributed by atoms with Crippen molar-refractivity contribution in [1.29, 1.82) is 0 Å². The molecule has 2 rings (SSSR count). The third-order valence-electron chi connectivity index (χ3n) is 2.97. The Hall–Kier alpha value is -1.49. The Bertz CT molecular complexity index is 542. The Balaban J connectivity index is 2.32. The summed E-state index contributed by atoms with van der Waals surface area (Å²) in [5, 5.41) is 23.6. The Kier molecular flexibility index (Phi) is 3.91. The SMILES string of the molecule is CNCC(O)C(O)c1ccc2nc(C)ccc2c1. The van der Waals surface area contributed by atoms with Crippen LogP contribution in [0.4, 0.5) is 0 Å². The monoisotopic (exact) mass is 246 g/mol. The molecule has 96 valence electrons. The smallest absolute Gasteiger partial charge is 0.106 e. The summed E-state index contributed by atoms with van der Waals surface area (Å²) in [6.45, 7) is 2.30.